The van der Waals surface area contributed by atoms with Gasteiger partial charge in [-0.15, -0.1) is 0 Å². The highest BCUT2D eigenvalue weighted by atomic mass is 14.9. The first kappa shape index (κ1) is 12.8. The third-order valence-electron chi connectivity index (χ3n) is 3.71. The summed E-state index contributed by atoms with van der Waals surface area (Å²) in [5, 5.41) is 5.73. The number of hydrogen-bond acceptors (Lipinski definition) is 2. The third kappa shape index (κ3) is 2.30. The Morgan fingerprint density at radius 3 is 2.50 bits per heavy atom. The van der Waals surface area contributed by atoms with Crippen LogP contribution in [0.4, 0.5) is 0 Å². The highest BCUT2D eigenvalue weighted by molar-refractivity contribution is 5.95. The third-order valence-corrected chi connectivity index (χ3v) is 3.71. The van der Waals surface area contributed by atoms with Crippen molar-refractivity contribution in [1.29, 1.82) is 0 Å². The first-order chi connectivity index (χ1) is 9.79. The number of benzene rings is 2. The van der Waals surface area contributed by atoms with Crippen LogP contribution in [0, 0.1) is 0 Å². The Bertz CT molecular complexity index is 729. The molecule has 0 aliphatic heterocycles. The van der Waals surface area contributed by atoms with E-state index in [2.05, 4.69) is 72.9 Å². The molecule has 0 saturated carbocycles. The first-order valence-corrected chi connectivity index (χ1v) is 6.92. The fraction of sp³-hybridized carbons (Fsp3) is 0.167. The van der Waals surface area contributed by atoms with Gasteiger partial charge in [-0.05, 0) is 36.9 Å². The van der Waals surface area contributed by atoms with Gasteiger partial charge in [0.2, 0.25) is 0 Å². The van der Waals surface area contributed by atoms with Crippen molar-refractivity contribution in [2.45, 2.75) is 13.0 Å². The standard InChI is InChI=1S/C18H18N2/c1-13(19-2)17-11-6-12-18(20-17)16-10-5-8-14-7-3-4-9-15(14)16/h3-13,19H,1-2H3. The van der Waals surface area contributed by atoms with E-state index in [1.54, 1.807) is 0 Å². The molecule has 0 bridgehead atoms. The van der Waals surface area contributed by atoms with Crippen LogP contribution in [0.3, 0.4) is 0 Å². The Morgan fingerprint density at radius 2 is 1.65 bits per heavy atom. The monoisotopic (exact) mass is 262 g/mol. The fourth-order valence-corrected chi connectivity index (χ4v) is 2.44. The van der Waals surface area contributed by atoms with E-state index in [9.17, 15) is 0 Å². The lowest BCUT2D eigenvalue weighted by Gasteiger charge is -2.12. The van der Waals surface area contributed by atoms with Gasteiger partial charge in [0.05, 0.1) is 11.4 Å². The summed E-state index contributed by atoms with van der Waals surface area (Å²) in [6, 6.07) is 21.3. The summed E-state index contributed by atoms with van der Waals surface area (Å²) in [4.78, 5) is 4.80. The van der Waals surface area contributed by atoms with E-state index < -0.39 is 0 Å². The molecule has 0 radical (unpaired) electrons. The summed E-state index contributed by atoms with van der Waals surface area (Å²) in [5.74, 6) is 0. The molecule has 0 amide bonds. The normalized spacial score (nSPS) is 12.5. The zero-order valence-electron chi connectivity index (χ0n) is 11.8. The smallest absolute Gasteiger partial charge is 0.0712 e. The predicted octanol–water partition coefficient (Wildman–Crippen LogP) is 4.18. The average molecular weight is 262 g/mol. The van der Waals surface area contributed by atoms with E-state index in [1.165, 1.54) is 16.3 Å². The number of hydrogen-bond donors (Lipinski definition) is 1. The van der Waals surface area contributed by atoms with Gasteiger partial charge in [-0.25, -0.2) is 0 Å². The molecule has 1 aromatic heterocycles. The molecule has 2 heteroatoms. The molecule has 1 atom stereocenters. The van der Waals surface area contributed by atoms with Crippen LogP contribution in [-0.4, -0.2) is 12.0 Å². The number of aromatic nitrogens is 1. The summed E-state index contributed by atoms with van der Waals surface area (Å²) in [7, 11) is 1.96. The van der Waals surface area contributed by atoms with Crippen LogP contribution < -0.4 is 5.32 Å². The first-order valence-electron chi connectivity index (χ1n) is 6.92. The van der Waals surface area contributed by atoms with Gasteiger partial charge in [0.15, 0.2) is 0 Å². The van der Waals surface area contributed by atoms with Crippen molar-refractivity contribution in [3.05, 3.63) is 66.4 Å². The van der Waals surface area contributed by atoms with E-state index in [0.29, 0.717) is 0 Å². The Kier molecular flexibility index (Phi) is 3.48. The summed E-state index contributed by atoms with van der Waals surface area (Å²) in [5.41, 5.74) is 3.28. The second kappa shape index (κ2) is 5.43. The van der Waals surface area contributed by atoms with Gasteiger partial charge in [0.1, 0.15) is 0 Å². The van der Waals surface area contributed by atoms with Crippen molar-refractivity contribution in [3.8, 4) is 11.3 Å². The molecule has 1 heterocycles. The van der Waals surface area contributed by atoms with Crippen molar-refractivity contribution in [2.75, 3.05) is 7.05 Å². The van der Waals surface area contributed by atoms with Crippen molar-refractivity contribution in [3.63, 3.8) is 0 Å². The Labute approximate surface area is 119 Å². The molecule has 100 valence electrons. The molecule has 3 aromatic rings. The maximum Gasteiger partial charge on any atom is 0.0712 e. The van der Waals surface area contributed by atoms with E-state index >= 15 is 0 Å². The van der Waals surface area contributed by atoms with Crippen LogP contribution in [0.2, 0.25) is 0 Å². The van der Waals surface area contributed by atoms with Gasteiger partial charge in [-0.3, -0.25) is 4.98 Å². The molecular formula is C18H18N2. The van der Waals surface area contributed by atoms with E-state index in [4.69, 9.17) is 4.98 Å². The lowest BCUT2D eigenvalue weighted by Crippen LogP contribution is -2.13. The number of fused-ring (bicyclic) bond motifs is 1. The summed E-state index contributed by atoms with van der Waals surface area (Å²) >= 11 is 0. The van der Waals surface area contributed by atoms with Gasteiger partial charge in [-0.2, -0.15) is 0 Å². The lowest BCUT2D eigenvalue weighted by molar-refractivity contribution is 0.634. The zero-order valence-corrected chi connectivity index (χ0v) is 11.8. The van der Waals surface area contributed by atoms with Gasteiger partial charge >= 0.3 is 0 Å². The summed E-state index contributed by atoms with van der Waals surface area (Å²) < 4.78 is 0. The minimum Gasteiger partial charge on any atom is -0.312 e. The summed E-state index contributed by atoms with van der Waals surface area (Å²) in [6.07, 6.45) is 0. The maximum absolute atomic E-state index is 4.80. The molecule has 0 spiro atoms. The molecular weight excluding hydrogens is 244 g/mol. The number of nitrogens with one attached hydrogen (secondary N) is 1. The van der Waals surface area contributed by atoms with Crippen LogP contribution in [-0.2, 0) is 0 Å². The van der Waals surface area contributed by atoms with Crippen LogP contribution in [0.25, 0.3) is 22.0 Å². The zero-order chi connectivity index (χ0) is 13.9. The second-order valence-electron chi connectivity index (χ2n) is 4.98. The number of nitrogens with zero attached hydrogens (tertiary/aromatic N) is 1. The van der Waals surface area contributed by atoms with Crippen molar-refractivity contribution < 1.29 is 0 Å². The van der Waals surface area contributed by atoms with E-state index in [1.807, 2.05) is 7.05 Å². The quantitative estimate of drug-likeness (QED) is 0.766. The fourth-order valence-electron chi connectivity index (χ4n) is 2.44. The SMILES string of the molecule is CNC(C)c1cccc(-c2cccc3ccccc23)n1. The second-order valence-corrected chi connectivity index (χ2v) is 4.98. The molecule has 0 aliphatic carbocycles. The molecule has 1 unspecified atom stereocenters. The van der Waals surface area contributed by atoms with E-state index in [-0.39, 0.29) is 6.04 Å². The molecule has 20 heavy (non-hydrogen) atoms. The number of rotatable bonds is 3. The Hall–Kier alpha value is -2.19. The van der Waals surface area contributed by atoms with Crippen LogP contribution in [0.1, 0.15) is 18.7 Å². The van der Waals surface area contributed by atoms with Crippen LogP contribution >= 0.6 is 0 Å². The van der Waals surface area contributed by atoms with Gasteiger partial charge in [0, 0.05) is 11.6 Å². The number of pyridine rings is 1. The van der Waals surface area contributed by atoms with Crippen LogP contribution in [0.15, 0.2) is 60.7 Å². The van der Waals surface area contributed by atoms with E-state index in [0.717, 1.165) is 11.4 Å². The van der Waals surface area contributed by atoms with Gasteiger partial charge in [-0.1, -0.05) is 48.5 Å². The highest BCUT2D eigenvalue weighted by Crippen LogP contribution is 2.27. The van der Waals surface area contributed by atoms with Crippen molar-refractivity contribution in [1.82, 2.24) is 10.3 Å². The molecule has 2 aromatic carbocycles. The molecule has 0 saturated heterocycles. The molecule has 0 aliphatic rings. The minimum absolute atomic E-state index is 0.255. The average Bonchev–Trinajstić information content (AvgIpc) is 2.53. The molecule has 1 N–H and O–H groups in total. The maximum atomic E-state index is 4.80. The molecule has 2 nitrogen and oxygen atoms in total. The Balaban J connectivity index is 2.16. The summed E-state index contributed by atoms with van der Waals surface area (Å²) in [6.45, 7) is 2.12. The largest absolute Gasteiger partial charge is 0.312 e. The molecule has 3 rings (SSSR count). The predicted molar refractivity (Wildman–Crippen MR) is 84.7 cm³/mol. The van der Waals surface area contributed by atoms with Gasteiger partial charge < -0.3 is 5.32 Å². The minimum atomic E-state index is 0.255. The van der Waals surface area contributed by atoms with Crippen molar-refractivity contribution >= 4 is 10.8 Å². The lowest BCUT2D eigenvalue weighted by atomic mass is 10.0. The van der Waals surface area contributed by atoms with Crippen molar-refractivity contribution in [2.24, 2.45) is 0 Å². The highest BCUT2D eigenvalue weighted by Gasteiger charge is 2.08. The van der Waals surface area contributed by atoms with Crippen LogP contribution in [0.5, 0.6) is 0 Å². The Morgan fingerprint density at radius 1 is 0.900 bits per heavy atom. The van der Waals surface area contributed by atoms with Gasteiger partial charge in [0.25, 0.3) is 0 Å². The topological polar surface area (TPSA) is 24.9 Å². The molecule has 0 fully saturated rings.